The Hall–Kier alpha value is -2.40. The van der Waals surface area contributed by atoms with Crippen LogP contribution in [0.15, 0.2) is 47.6 Å². The Balaban J connectivity index is 1.56. The zero-order valence-corrected chi connectivity index (χ0v) is 15.2. The maximum Gasteiger partial charge on any atom is 0.256 e. The maximum absolute atomic E-state index is 12.7. The van der Waals surface area contributed by atoms with Gasteiger partial charge in [-0.25, -0.2) is 0 Å². The first-order valence-corrected chi connectivity index (χ1v) is 9.28. The molecule has 1 spiro atoms. The van der Waals surface area contributed by atoms with Gasteiger partial charge in [0.15, 0.2) is 0 Å². The molecule has 0 radical (unpaired) electrons. The van der Waals surface area contributed by atoms with Gasteiger partial charge in [-0.3, -0.25) is 9.69 Å². The lowest BCUT2D eigenvalue weighted by Gasteiger charge is -2.40. The fraction of sp³-hybridized carbons (Fsp3) is 0.429. The predicted molar refractivity (Wildman–Crippen MR) is 100 cm³/mol. The second-order valence-electron chi connectivity index (χ2n) is 7.48. The molecule has 1 amide bonds. The van der Waals surface area contributed by atoms with Crippen molar-refractivity contribution in [3.05, 3.63) is 65.6 Å². The van der Waals surface area contributed by atoms with Crippen molar-refractivity contribution in [3.63, 3.8) is 0 Å². The van der Waals surface area contributed by atoms with Gasteiger partial charge < -0.3 is 9.84 Å². The van der Waals surface area contributed by atoms with Gasteiger partial charge in [-0.2, -0.15) is 0 Å². The molecule has 1 aromatic carbocycles. The minimum Gasteiger partial charge on any atom is -0.361 e. The van der Waals surface area contributed by atoms with E-state index >= 15 is 0 Å². The third kappa shape index (κ3) is 2.86. The van der Waals surface area contributed by atoms with E-state index in [-0.39, 0.29) is 17.4 Å². The first-order valence-electron chi connectivity index (χ1n) is 9.28. The summed E-state index contributed by atoms with van der Waals surface area (Å²) in [5, 5.41) is 6.94. The topological polar surface area (TPSA) is 58.4 Å². The standard InChI is InChI=1S/C21H25N3O2/c1-3-10-24-11-8-21(9-12-24)13-19(16-6-4-5-7-18(16)21)23-20(25)17-14-22-26-15(17)2/h3-7,14,19H,1,8-13H2,2H3,(H,23,25). The number of aromatic nitrogens is 1. The average Bonchev–Trinajstić information content (AvgIpc) is 3.20. The summed E-state index contributed by atoms with van der Waals surface area (Å²) in [6.07, 6.45) is 6.68. The number of hydrogen-bond acceptors (Lipinski definition) is 4. The molecule has 1 aromatic heterocycles. The molecule has 0 bridgehead atoms. The molecular weight excluding hydrogens is 326 g/mol. The summed E-state index contributed by atoms with van der Waals surface area (Å²) >= 11 is 0. The Bertz CT molecular complexity index is 818. The van der Waals surface area contributed by atoms with Crippen LogP contribution in [0.25, 0.3) is 0 Å². The zero-order valence-electron chi connectivity index (χ0n) is 15.2. The van der Waals surface area contributed by atoms with E-state index in [2.05, 4.69) is 46.2 Å². The van der Waals surface area contributed by atoms with Gasteiger partial charge in [0, 0.05) is 12.0 Å². The molecule has 2 aromatic rings. The molecular formula is C21H25N3O2. The van der Waals surface area contributed by atoms with Crippen LogP contribution in [0.4, 0.5) is 0 Å². The Morgan fingerprint density at radius 2 is 2.19 bits per heavy atom. The lowest BCUT2D eigenvalue weighted by Crippen LogP contribution is -2.42. The first kappa shape index (κ1) is 17.0. The van der Waals surface area contributed by atoms with Gasteiger partial charge in [0.25, 0.3) is 5.91 Å². The molecule has 1 aliphatic carbocycles. The molecule has 1 aliphatic heterocycles. The molecule has 0 saturated carbocycles. The number of carbonyl (C=O) groups is 1. The second kappa shape index (κ2) is 6.72. The number of amides is 1. The van der Waals surface area contributed by atoms with E-state index < -0.39 is 0 Å². The maximum atomic E-state index is 12.7. The summed E-state index contributed by atoms with van der Waals surface area (Å²) in [6.45, 7) is 8.72. The Morgan fingerprint density at radius 3 is 2.88 bits per heavy atom. The van der Waals surface area contributed by atoms with E-state index in [1.165, 1.54) is 17.3 Å². The number of carbonyl (C=O) groups excluding carboxylic acids is 1. The van der Waals surface area contributed by atoms with Crippen molar-refractivity contribution in [2.45, 2.75) is 37.6 Å². The number of nitrogens with zero attached hydrogens (tertiary/aromatic N) is 2. The number of fused-ring (bicyclic) bond motifs is 2. The summed E-state index contributed by atoms with van der Waals surface area (Å²) in [4.78, 5) is 15.1. The van der Waals surface area contributed by atoms with Crippen LogP contribution in [0.1, 0.15) is 52.5 Å². The lowest BCUT2D eigenvalue weighted by atomic mass is 9.73. The summed E-state index contributed by atoms with van der Waals surface area (Å²) < 4.78 is 5.04. The number of rotatable bonds is 4. The minimum absolute atomic E-state index is 0.0407. The fourth-order valence-electron chi connectivity index (χ4n) is 4.60. The van der Waals surface area contributed by atoms with Crippen LogP contribution >= 0.6 is 0 Å². The van der Waals surface area contributed by atoms with Gasteiger partial charge in [0.2, 0.25) is 0 Å². The van der Waals surface area contributed by atoms with Crippen molar-refractivity contribution in [3.8, 4) is 0 Å². The molecule has 2 heterocycles. The van der Waals surface area contributed by atoms with Gasteiger partial charge in [0.1, 0.15) is 11.3 Å². The minimum atomic E-state index is -0.107. The smallest absolute Gasteiger partial charge is 0.256 e. The third-order valence-electron chi connectivity index (χ3n) is 6.00. The average molecular weight is 351 g/mol. The van der Waals surface area contributed by atoms with Crippen LogP contribution < -0.4 is 5.32 Å². The van der Waals surface area contributed by atoms with Gasteiger partial charge >= 0.3 is 0 Å². The van der Waals surface area contributed by atoms with Crippen LogP contribution in [0.2, 0.25) is 0 Å². The molecule has 26 heavy (non-hydrogen) atoms. The molecule has 4 rings (SSSR count). The number of nitrogens with one attached hydrogen (secondary N) is 1. The Kier molecular flexibility index (Phi) is 4.41. The number of likely N-dealkylation sites (tertiary alicyclic amines) is 1. The van der Waals surface area contributed by atoms with E-state index in [9.17, 15) is 4.79 Å². The molecule has 1 saturated heterocycles. The highest BCUT2D eigenvalue weighted by molar-refractivity contribution is 5.95. The Morgan fingerprint density at radius 1 is 1.42 bits per heavy atom. The highest BCUT2D eigenvalue weighted by Crippen LogP contribution is 2.50. The number of hydrogen-bond donors (Lipinski definition) is 1. The van der Waals surface area contributed by atoms with E-state index in [1.54, 1.807) is 6.92 Å². The van der Waals surface area contributed by atoms with Crippen LogP contribution in [0.5, 0.6) is 0 Å². The quantitative estimate of drug-likeness (QED) is 0.858. The van der Waals surface area contributed by atoms with Gasteiger partial charge in [0.05, 0.1) is 12.2 Å². The lowest BCUT2D eigenvalue weighted by molar-refractivity contribution is 0.0925. The molecule has 5 nitrogen and oxygen atoms in total. The molecule has 1 atom stereocenters. The summed E-state index contributed by atoms with van der Waals surface area (Å²) in [5.74, 6) is 0.450. The highest BCUT2D eigenvalue weighted by atomic mass is 16.5. The van der Waals surface area contributed by atoms with Gasteiger partial charge in [-0.15, -0.1) is 6.58 Å². The van der Waals surface area contributed by atoms with Crippen molar-refractivity contribution >= 4 is 5.91 Å². The normalized spacial score (nSPS) is 21.5. The van der Waals surface area contributed by atoms with Crippen LogP contribution in [0.3, 0.4) is 0 Å². The molecule has 136 valence electrons. The van der Waals surface area contributed by atoms with Crippen LogP contribution in [-0.4, -0.2) is 35.6 Å². The van der Waals surface area contributed by atoms with Gasteiger partial charge in [-0.1, -0.05) is 35.5 Å². The summed E-state index contributed by atoms with van der Waals surface area (Å²) in [7, 11) is 0. The number of piperidine rings is 1. The Labute approximate surface area is 154 Å². The van der Waals surface area contributed by atoms with Gasteiger partial charge in [-0.05, 0) is 50.4 Å². The van der Waals surface area contributed by atoms with E-state index in [0.717, 1.165) is 38.9 Å². The SMILES string of the molecule is C=CCN1CCC2(CC1)CC(NC(=O)c1cnoc1C)c1ccccc12. The molecule has 5 heteroatoms. The predicted octanol–water partition coefficient (Wildman–Crippen LogP) is 3.38. The van der Waals surface area contributed by atoms with Crippen LogP contribution in [0, 0.1) is 6.92 Å². The van der Waals surface area contributed by atoms with Crippen molar-refractivity contribution in [1.29, 1.82) is 0 Å². The molecule has 1 unspecified atom stereocenters. The monoisotopic (exact) mass is 351 g/mol. The second-order valence-corrected chi connectivity index (χ2v) is 7.48. The first-order chi connectivity index (χ1) is 12.6. The number of aryl methyl sites for hydroxylation is 1. The van der Waals surface area contributed by atoms with E-state index in [4.69, 9.17) is 4.52 Å². The molecule has 2 aliphatic rings. The summed E-state index contributed by atoms with van der Waals surface area (Å²) in [6, 6.07) is 8.62. The zero-order chi connectivity index (χ0) is 18.1. The van der Waals surface area contributed by atoms with Crippen molar-refractivity contribution in [2.75, 3.05) is 19.6 Å². The van der Waals surface area contributed by atoms with E-state index in [0.29, 0.717) is 11.3 Å². The highest BCUT2D eigenvalue weighted by Gasteiger charge is 2.45. The van der Waals surface area contributed by atoms with Crippen molar-refractivity contribution in [2.24, 2.45) is 0 Å². The number of benzene rings is 1. The molecule has 1 fully saturated rings. The van der Waals surface area contributed by atoms with Crippen LogP contribution in [-0.2, 0) is 5.41 Å². The third-order valence-corrected chi connectivity index (χ3v) is 6.00. The fourth-order valence-corrected chi connectivity index (χ4v) is 4.60. The van der Waals surface area contributed by atoms with Crippen molar-refractivity contribution in [1.82, 2.24) is 15.4 Å². The largest absolute Gasteiger partial charge is 0.361 e. The summed E-state index contributed by atoms with van der Waals surface area (Å²) in [5.41, 5.74) is 3.34. The molecule has 1 N–H and O–H groups in total. The van der Waals surface area contributed by atoms with E-state index in [1.807, 2.05) is 6.08 Å². The van der Waals surface area contributed by atoms with Crippen molar-refractivity contribution < 1.29 is 9.32 Å².